The molecule has 1 fully saturated rings. The van der Waals surface area contributed by atoms with E-state index in [0.29, 0.717) is 17.5 Å². The Kier molecular flexibility index (Phi) is 5.39. The first-order chi connectivity index (χ1) is 15.5. The number of benzene rings is 2. The number of aryl methyl sites for hydroxylation is 2. The molecule has 2 aromatic carbocycles. The predicted octanol–water partition coefficient (Wildman–Crippen LogP) is 5.69. The number of piperidine rings is 1. The molecule has 7 nitrogen and oxygen atoms in total. The second-order valence-electron chi connectivity index (χ2n) is 8.81. The van der Waals surface area contributed by atoms with Gasteiger partial charge in [-0.15, -0.1) is 0 Å². The molecule has 1 saturated heterocycles. The van der Waals surface area contributed by atoms with Crippen LogP contribution in [0.2, 0.25) is 0 Å². The normalized spacial score (nSPS) is 14.7. The molecular formula is C25H29N7. The zero-order valence-electron chi connectivity index (χ0n) is 18.8. The molecule has 0 aliphatic carbocycles. The van der Waals surface area contributed by atoms with Crippen LogP contribution in [0.1, 0.15) is 30.9 Å². The summed E-state index contributed by atoms with van der Waals surface area (Å²) in [4.78, 5) is 20.1. The molecule has 7 heteroatoms. The Bertz CT molecular complexity index is 1240. The van der Waals surface area contributed by atoms with Gasteiger partial charge in [-0.3, -0.25) is 0 Å². The third-order valence-electron chi connectivity index (χ3n) is 5.97. The number of nitrogens with one attached hydrogen (secondary N) is 3. The third kappa shape index (κ3) is 4.37. The molecule has 1 aliphatic rings. The first kappa shape index (κ1) is 20.3. The van der Waals surface area contributed by atoms with Crippen LogP contribution in [0.15, 0.2) is 48.5 Å². The fraction of sp³-hybridized carbons (Fsp3) is 0.320. The minimum Gasteiger partial charge on any atom is -0.355 e. The highest BCUT2D eigenvalue weighted by molar-refractivity contribution is 5.87. The van der Waals surface area contributed by atoms with Crippen molar-refractivity contribution in [1.82, 2.24) is 19.9 Å². The molecule has 32 heavy (non-hydrogen) atoms. The lowest BCUT2D eigenvalue weighted by Gasteiger charge is -2.31. The van der Waals surface area contributed by atoms with Gasteiger partial charge in [0.05, 0.1) is 0 Å². The summed E-state index contributed by atoms with van der Waals surface area (Å²) in [5, 5.41) is 6.74. The van der Waals surface area contributed by atoms with Crippen molar-refractivity contribution >= 4 is 40.3 Å². The smallest absolute Gasteiger partial charge is 0.231 e. The molecule has 0 amide bonds. The molecule has 0 spiro atoms. The number of rotatable bonds is 5. The van der Waals surface area contributed by atoms with Crippen LogP contribution in [-0.4, -0.2) is 33.0 Å². The second-order valence-corrected chi connectivity index (χ2v) is 8.81. The van der Waals surface area contributed by atoms with E-state index < -0.39 is 0 Å². The summed E-state index contributed by atoms with van der Waals surface area (Å²) in [5.41, 5.74) is 5.85. The van der Waals surface area contributed by atoms with Gasteiger partial charge in [0.15, 0.2) is 11.5 Å². The number of imidazole rings is 1. The van der Waals surface area contributed by atoms with Gasteiger partial charge >= 0.3 is 0 Å². The van der Waals surface area contributed by atoms with E-state index in [1.165, 1.54) is 11.1 Å². The van der Waals surface area contributed by atoms with Gasteiger partial charge in [-0.25, -0.2) is 0 Å². The van der Waals surface area contributed by atoms with E-state index in [1.807, 2.05) is 24.3 Å². The lowest BCUT2D eigenvalue weighted by Crippen LogP contribution is -2.33. The van der Waals surface area contributed by atoms with Crippen molar-refractivity contribution in [3.8, 4) is 0 Å². The van der Waals surface area contributed by atoms with Gasteiger partial charge in [0.1, 0.15) is 5.52 Å². The number of nitrogens with zero attached hydrogens (tertiary/aromatic N) is 4. The molecule has 0 radical (unpaired) electrons. The average Bonchev–Trinajstić information content (AvgIpc) is 3.16. The topological polar surface area (TPSA) is 81.8 Å². The molecule has 0 atom stereocenters. The van der Waals surface area contributed by atoms with Gasteiger partial charge in [-0.05, 0) is 68.0 Å². The zero-order valence-corrected chi connectivity index (χ0v) is 18.8. The van der Waals surface area contributed by atoms with Crippen molar-refractivity contribution < 1.29 is 0 Å². The van der Waals surface area contributed by atoms with Gasteiger partial charge in [0, 0.05) is 24.5 Å². The number of aromatic nitrogens is 4. The van der Waals surface area contributed by atoms with Gasteiger partial charge in [0.2, 0.25) is 11.9 Å². The van der Waals surface area contributed by atoms with Crippen molar-refractivity contribution in [2.75, 3.05) is 28.6 Å². The van der Waals surface area contributed by atoms with E-state index in [1.54, 1.807) is 0 Å². The molecule has 4 aromatic rings. The van der Waals surface area contributed by atoms with Crippen LogP contribution in [0, 0.1) is 19.8 Å². The van der Waals surface area contributed by atoms with E-state index in [9.17, 15) is 0 Å². The van der Waals surface area contributed by atoms with Gasteiger partial charge < -0.3 is 20.5 Å². The first-order valence-electron chi connectivity index (χ1n) is 11.2. The Morgan fingerprint density at radius 2 is 1.53 bits per heavy atom. The third-order valence-corrected chi connectivity index (χ3v) is 5.97. The van der Waals surface area contributed by atoms with Crippen molar-refractivity contribution in [2.24, 2.45) is 5.92 Å². The van der Waals surface area contributed by atoms with Crippen LogP contribution in [0.3, 0.4) is 0 Å². The molecule has 3 N–H and O–H groups in total. The Labute approximate surface area is 188 Å². The molecule has 3 heterocycles. The van der Waals surface area contributed by atoms with Gasteiger partial charge in [0.25, 0.3) is 0 Å². The van der Waals surface area contributed by atoms with Crippen molar-refractivity contribution in [3.63, 3.8) is 0 Å². The molecular weight excluding hydrogens is 398 g/mol. The number of anilines is 5. The maximum Gasteiger partial charge on any atom is 0.231 e. The summed E-state index contributed by atoms with van der Waals surface area (Å²) < 4.78 is 0. The van der Waals surface area contributed by atoms with E-state index in [-0.39, 0.29) is 0 Å². The largest absolute Gasteiger partial charge is 0.355 e. The van der Waals surface area contributed by atoms with Crippen LogP contribution in [-0.2, 0) is 0 Å². The van der Waals surface area contributed by atoms with Crippen molar-refractivity contribution in [1.29, 1.82) is 0 Å². The maximum atomic E-state index is 4.91. The molecule has 1 aliphatic heterocycles. The Hall–Kier alpha value is -3.61. The highest BCUT2D eigenvalue weighted by Gasteiger charge is 2.22. The number of fused-ring (bicyclic) bond motifs is 1. The predicted molar refractivity (Wildman–Crippen MR) is 131 cm³/mol. The fourth-order valence-electron chi connectivity index (χ4n) is 4.16. The fourth-order valence-corrected chi connectivity index (χ4v) is 4.16. The van der Waals surface area contributed by atoms with E-state index >= 15 is 0 Å². The van der Waals surface area contributed by atoms with Crippen LogP contribution in [0.25, 0.3) is 11.2 Å². The summed E-state index contributed by atoms with van der Waals surface area (Å²) >= 11 is 0. The number of H-pyrrole nitrogens is 1. The van der Waals surface area contributed by atoms with Crippen molar-refractivity contribution in [2.45, 2.75) is 33.6 Å². The molecule has 2 aromatic heterocycles. The summed E-state index contributed by atoms with van der Waals surface area (Å²) in [6.07, 6.45) is 2.32. The lowest BCUT2D eigenvalue weighted by atomic mass is 9.99. The van der Waals surface area contributed by atoms with E-state index in [2.05, 4.69) is 65.6 Å². The van der Waals surface area contributed by atoms with Crippen LogP contribution < -0.4 is 15.5 Å². The molecule has 5 rings (SSSR count). The van der Waals surface area contributed by atoms with Gasteiger partial charge in [-0.2, -0.15) is 15.0 Å². The van der Waals surface area contributed by atoms with E-state index in [0.717, 1.165) is 54.6 Å². The number of hydrogen-bond donors (Lipinski definition) is 3. The summed E-state index contributed by atoms with van der Waals surface area (Å²) in [6.45, 7) is 8.44. The second kappa shape index (κ2) is 8.49. The maximum absolute atomic E-state index is 4.91. The zero-order chi connectivity index (χ0) is 22.1. The summed E-state index contributed by atoms with van der Waals surface area (Å²) in [7, 11) is 0. The SMILES string of the molecule is Cc1cccc(Nc2nc(N3CCC(C)CC3)c3[nH]c(Nc4cccc(C)c4)nc3n2)c1. The van der Waals surface area contributed by atoms with Gasteiger partial charge in [-0.1, -0.05) is 31.2 Å². The highest BCUT2D eigenvalue weighted by Crippen LogP contribution is 2.30. The molecule has 0 saturated carbocycles. The first-order valence-corrected chi connectivity index (χ1v) is 11.2. The van der Waals surface area contributed by atoms with Crippen LogP contribution >= 0.6 is 0 Å². The van der Waals surface area contributed by atoms with Crippen LogP contribution in [0.4, 0.5) is 29.1 Å². The molecule has 0 bridgehead atoms. The van der Waals surface area contributed by atoms with Crippen molar-refractivity contribution in [3.05, 3.63) is 59.7 Å². The highest BCUT2D eigenvalue weighted by atomic mass is 15.3. The van der Waals surface area contributed by atoms with Crippen LogP contribution in [0.5, 0.6) is 0 Å². The molecule has 164 valence electrons. The summed E-state index contributed by atoms with van der Waals surface area (Å²) in [6, 6.07) is 16.5. The Morgan fingerprint density at radius 3 is 2.19 bits per heavy atom. The average molecular weight is 428 g/mol. The van der Waals surface area contributed by atoms with E-state index in [4.69, 9.17) is 15.0 Å². The lowest BCUT2D eigenvalue weighted by molar-refractivity contribution is 0.437. The Morgan fingerprint density at radius 1 is 0.875 bits per heavy atom. The number of aromatic amines is 1. The quantitative estimate of drug-likeness (QED) is 0.379. The minimum atomic E-state index is 0.560. The summed E-state index contributed by atoms with van der Waals surface area (Å²) in [5.74, 6) is 2.88. The minimum absolute atomic E-state index is 0.560. The molecule has 0 unspecified atom stereocenters. The standard InChI is InChI=1S/C25H29N7/c1-16-10-12-32(13-11-16)23-21-22(29-24(28-21)26-19-8-4-6-17(2)14-19)30-25(31-23)27-20-9-5-7-18(3)15-20/h4-9,14-16H,10-13H2,1-3H3,(H3,26,27,28,29,30,31). The number of hydrogen-bond acceptors (Lipinski definition) is 6. The Balaban J connectivity index is 1.53. The monoisotopic (exact) mass is 427 g/mol.